The third-order valence-electron chi connectivity index (χ3n) is 4.33. The lowest BCUT2D eigenvalue weighted by Gasteiger charge is -2.27. The molecule has 0 aliphatic carbocycles. The van der Waals surface area contributed by atoms with Crippen LogP contribution in [0.15, 0.2) is 48.5 Å². The Balaban J connectivity index is 1.63. The summed E-state index contributed by atoms with van der Waals surface area (Å²) in [6.45, 7) is 4.86. The normalized spacial score (nSPS) is 14.0. The summed E-state index contributed by atoms with van der Waals surface area (Å²) >= 11 is 5.97. The van der Waals surface area contributed by atoms with Crippen molar-refractivity contribution in [2.75, 3.05) is 41.8 Å². The first-order chi connectivity index (χ1) is 13.7. The van der Waals surface area contributed by atoms with Gasteiger partial charge in [0.05, 0.1) is 13.2 Å². The number of halogens is 1. The van der Waals surface area contributed by atoms with E-state index >= 15 is 0 Å². The first kappa shape index (κ1) is 18.5. The highest BCUT2D eigenvalue weighted by Gasteiger charge is 2.17. The fraction of sp³-hybridized carbons (Fsp3) is 0.250. The van der Waals surface area contributed by atoms with Crippen molar-refractivity contribution in [2.45, 2.75) is 6.92 Å². The molecule has 28 heavy (non-hydrogen) atoms. The van der Waals surface area contributed by atoms with Gasteiger partial charge < -0.3 is 20.3 Å². The maximum absolute atomic E-state index is 5.97. The van der Waals surface area contributed by atoms with Crippen LogP contribution in [0.4, 0.5) is 29.2 Å². The van der Waals surface area contributed by atoms with Crippen molar-refractivity contribution in [2.24, 2.45) is 0 Å². The number of hydrogen-bond acceptors (Lipinski definition) is 7. The minimum atomic E-state index is 0.466. The fourth-order valence-electron chi connectivity index (χ4n) is 2.81. The van der Waals surface area contributed by atoms with Crippen molar-refractivity contribution in [1.82, 2.24) is 15.0 Å². The highest BCUT2D eigenvalue weighted by Crippen LogP contribution is 2.22. The Morgan fingerprint density at radius 2 is 1.36 bits per heavy atom. The van der Waals surface area contributed by atoms with Gasteiger partial charge in [0.15, 0.2) is 0 Å². The van der Waals surface area contributed by atoms with E-state index < -0.39 is 0 Å². The number of anilines is 5. The maximum atomic E-state index is 5.97. The molecule has 0 bridgehead atoms. The van der Waals surface area contributed by atoms with Crippen LogP contribution in [-0.4, -0.2) is 41.3 Å². The number of hydrogen-bond donors (Lipinski definition) is 2. The summed E-state index contributed by atoms with van der Waals surface area (Å²) in [7, 11) is 0. The van der Waals surface area contributed by atoms with Gasteiger partial charge in [-0.25, -0.2) is 0 Å². The van der Waals surface area contributed by atoms with Crippen LogP contribution in [0.2, 0.25) is 5.02 Å². The molecule has 1 aromatic heterocycles. The number of nitrogens with zero attached hydrogens (tertiary/aromatic N) is 4. The molecule has 1 saturated heterocycles. The van der Waals surface area contributed by atoms with Crippen molar-refractivity contribution < 1.29 is 4.74 Å². The monoisotopic (exact) mass is 396 g/mol. The van der Waals surface area contributed by atoms with Gasteiger partial charge in [0.1, 0.15) is 0 Å². The van der Waals surface area contributed by atoms with E-state index in [9.17, 15) is 0 Å². The molecule has 8 heteroatoms. The molecule has 0 unspecified atom stereocenters. The third-order valence-corrected chi connectivity index (χ3v) is 4.58. The first-order valence-corrected chi connectivity index (χ1v) is 9.48. The van der Waals surface area contributed by atoms with Gasteiger partial charge in [-0.2, -0.15) is 15.0 Å². The molecular formula is C20H21ClN6O. The molecule has 0 spiro atoms. The Hall–Kier alpha value is -2.90. The van der Waals surface area contributed by atoms with Gasteiger partial charge in [-0.15, -0.1) is 0 Å². The molecule has 0 amide bonds. The van der Waals surface area contributed by atoms with Gasteiger partial charge in [-0.3, -0.25) is 0 Å². The van der Waals surface area contributed by atoms with Gasteiger partial charge in [-0.05, 0) is 43.3 Å². The maximum Gasteiger partial charge on any atom is 0.233 e. The lowest BCUT2D eigenvalue weighted by Crippen LogP contribution is -2.37. The largest absolute Gasteiger partial charge is 0.378 e. The Bertz CT molecular complexity index is 861. The molecule has 2 aromatic carbocycles. The number of aryl methyl sites for hydroxylation is 1. The molecule has 144 valence electrons. The summed E-state index contributed by atoms with van der Waals surface area (Å²) in [5.74, 6) is 1.56. The van der Waals surface area contributed by atoms with Crippen LogP contribution >= 0.6 is 11.6 Å². The molecule has 3 aromatic rings. The summed E-state index contributed by atoms with van der Waals surface area (Å²) in [5.41, 5.74) is 2.97. The van der Waals surface area contributed by atoms with Crippen LogP contribution in [0.5, 0.6) is 0 Å². The quantitative estimate of drug-likeness (QED) is 0.670. The Kier molecular flexibility index (Phi) is 5.55. The van der Waals surface area contributed by atoms with Gasteiger partial charge in [0, 0.05) is 29.5 Å². The van der Waals surface area contributed by atoms with Crippen molar-refractivity contribution in [3.63, 3.8) is 0 Å². The molecule has 0 atom stereocenters. The topological polar surface area (TPSA) is 75.2 Å². The summed E-state index contributed by atoms with van der Waals surface area (Å²) in [6.07, 6.45) is 0. The highest BCUT2D eigenvalue weighted by atomic mass is 35.5. The summed E-state index contributed by atoms with van der Waals surface area (Å²) < 4.78 is 5.44. The number of benzene rings is 2. The predicted molar refractivity (Wildman–Crippen MR) is 112 cm³/mol. The summed E-state index contributed by atoms with van der Waals surface area (Å²) in [6, 6.07) is 15.5. The minimum absolute atomic E-state index is 0.466. The van der Waals surface area contributed by atoms with Crippen molar-refractivity contribution in [1.29, 1.82) is 0 Å². The molecule has 1 aliphatic rings. The summed E-state index contributed by atoms with van der Waals surface area (Å²) in [4.78, 5) is 15.8. The van der Waals surface area contributed by atoms with Crippen LogP contribution in [0, 0.1) is 6.92 Å². The van der Waals surface area contributed by atoms with Gasteiger partial charge in [-0.1, -0.05) is 29.3 Å². The minimum Gasteiger partial charge on any atom is -0.378 e. The van der Waals surface area contributed by atoms with Crippen LogP contribution in [-0.2, 0) is 4.74 Å². The average Bonchev–Trinajstić information content (AvgIpc) is 2.72. The van der Waals surface area contributed by atoms with Gasteiger partial charge in [0.25, 0.3) is 0 Å². The zero-order valence-corrected chi connectivity index (χ0v) is 16.3. The highest BCUT2D eigenvalue weighted by molar-refractivity contribution is 6.30. The Labute approximate surface area is 168 Å². The molecule has 1 fully saturated rings. The van der Waals surface area contributed by atoms with E-state index in [1.54, 1.807) is 0 Å². The zero-order chi connectivity index (χ0) is 19.3. The second-order valence-electron chi connectivity index (χ2n) is 6.50. The van der Waals surface area contributed by atoms with Crippen molar-refractivity contribution >= 4 is 40.8 Å². The number of rotatable bonds is 5. The van der Waals surface area contributed by atoms with E-state index in [-0.39, 0.29) is 0 Å². The standard InChI is InChI=1S/C20H21ClN6O/c1-14-2-6-16(7-3-14)22-18-24-19(23-17-8-4-15(21)5-9-17)26-20(25-18)27-10-12-28-13-11-27/h2-9H,10-13H2,1H3,(H2,22,23,24,25,26). The van der Waals surface area contributed by atoms with Gasteiger partial charge in [0.2, 0.25) is 17.8 Å². The van der Waals surface area contributed by atoms with E-state index in [4.69, 9.17) is 16.3 Å². The number of morpholine rings is 1. The predicted octanol–water partition coefficient (Wildman–Crippen LogP) is 4.16. The molecule has 0 saturated carbocycles. The van der Waals surface area contributed by atoms with Crippen LogP contribution in [0.1, 0.15) is 5.56 Å². The lowest BCUT2D eigenvalue weighted by molar-refractivity contribution is 0.122. The zero-order valence-electron chi connectivity index (χ0n) is 15.5. The second-order valence-corrected chi connectivity index (χ2v) is 6.94. The molecule has 2 N–H and O–H groups in total. The molecule has 0 radical (unpaired) electrons. The SMILES string of the molecule is Cc1ccc(Nc2nc(Nc3ccc(Cl)cc3)nc(N3CCOCC3)n2)cc1. The van der Waals surface area contributed by atoms with E-state index in [1.807, 2.05) is 48.5 Å². The third kappa shape index (κ3) is 4.68. The van der Waals surface area contributed by atoms with Crippen molar-refractivity contribution in [3.05, 3.63) is 59.1 Å². The average molecular weight is 397 g/mol. The molecular weight excluding hydrogens is 376 g/mol. The Morgan fingerprint density at radius 1 is 0.821 bits per heavy atom. The van der Waals surface area contributed by atoms with E-state index in [2.05, 4.69) is 37.4 Å². The van der Waals surface area contributed by atoms with Crippen LogP contribution < -0.4 is 15.5 Å². The smallest absolute Gasteiger partial charge is 0.233 e. The molecule has 7 nitrogen and oxygen atoms in total. The van der Waals surface area contributed by atoms with E-state index in [1.165, 1.54) is 5.56 Å². The number of aromatic nitrogens is 3. The van der Waals surface area contributed by atoms with E-state index in [0.717, 1.165) is 24.5 Å². The van der Waals surface area contributed by atoms with Crippen molar-refractivity contribution in [3.8, 4) is 0 Å². The summed E-state index contributed by atoms with van der Waals surface area (Å²) in [5, 5.41) is 7.17. The van der Waals surface area contributed by atoms with E-state index in [0.29, 0.717) is 36.1 Å². The molecule has 4 rings (SSSR count). The molecule has 2 heterocycles. The lowest BCUT2D eigenvalue weighted by atomic mass is 10.2. The van der Waals surface area contributed by atoms with Crippen LogP contribution in [0.25, 0.3) is 0 Å². The number of nitrogens with one attached hydrogen (secondary N) is 2. The Morgan fingerprint density at radius 3 is 1.93 bits per heavy atom. The fourth-order valence-corrected chi connectivity index (χ4v) is 2.94. The van der Waals surface area contributed by atoms with Gasteiger partial charge >= 0.3 is 0 Å². The second kappa shape index (κ2) is 8.41. The first-order valence-electron chi connectivity index (χ1n) is 9.11. The number of ether oxygens (including phenoxy) is 1. The van der Waals surface area contributed by atoms with Crippen LogP contribution in [0.3, 0.4) is 0 Å². The molecule has 1 aliphatic heterocycles.